The molecule has 114 valence electrons. The van der Waals surface area contributed by atoms with Gasteiger partial charge in [-0.15, -0.1) is 11.6 Å². The normalized spacial score (nSPS) is 18.8. The number of fused-ring (bicyclic) bond motifs is 1. The molecule has 1 aliphatic rings. The molecule has 2 unspecified atom stereocenters. The third-order valence-electron chi connectivity index (χ3n) is 3.79. The summed E-state index contributed by atoms with van der Waals surface area (Å²) < 4.78 is 0. The summed E-state index contributed by atoms with van der Waals surface area (Å²) in [5.41, 5.74) is 2.21. The summed E-state index contributed by atoms with van der Waals surface area (Å²) in [6, 6.07) is 8.20. The predicted molar refractivity (Wildman–Crippen MR) is 84.7 cm³/mol. The summed E-state index contributed by atoms with van der Waals surface area (Å²) >= 11 is 5.67. The van der Waals surface area contributed by atoms with E-state index in [2.05, 4.69) is 18.3 Å². The minimum Gasteiger partial charge on any atom is -0.354 e. The molecular formula is C16H21ClN2O2. The average Bonchev–Trinajstić information content (AvgIpc) is 2.46. The zero-order valence-electron chi connectivity index (χ0n) is 12.4. The van der Waals surface area contributed by atoms with Gasteiger partial charge in [-0.05, 0) is 38.3 Å². The number of amides is 2. The first-order valence-electron chi connectivity index (χ1n) is 7.32. The lowest BCUT2D eigenvalue weighted by Gasteiger charge is -2.35. The van der Waals surface area contributed by atoms with Crippen LogP contribution in [0, 0.1) is 0 Å². The zero-order chi connectivity index (χ0) is 15.4. The highest BCUT2D eigenvalue weighted by atomic mass is 35.5. The van der Waals surface area contributed by atoms with Gasteiger partial charge in [-0.3, -0.25) is 9.59 Å². The van der Waals surface area contributed by atoms with Crippen LogP contribution >= 0.6 is 11.6 Å². The van der Waals surface area contributed by atoms with E-state index >= 15 is 0 Å². The van der Waals surface area contributed by atoms with Gasteiger partial charge in [-0.25, -0.2) is 0 Å². The Kier molecular flexibility index (Phi) is 5.23. The highest BCUT2D eigenvalue weighted by Gasteiger charge is 2.27. The van der Waals surface area contributed by atoms with Gasteiger partial charge in [0.1, 0.15) is 5.38 Å². The van der Waals surface area contributed by atoms with Crippen LogP contribution in [0.3, 0.4) is 0 Å². The van der Waals surface area contributed by atoms with E-state index in [1.807, 2.05) is 23.1 Å². The Morgan fingerprint density at radius 1 is 1.43 bits per heavy atom. The van der Waals surface area contributed by atoms with Gasteiger partial charge < -0.3 is 10.2 Å². The van der Waals surface area contributed by atoms with Crippen LogP contribution in [0.15, 0.2) is 24.3 Å². The molecule has 0 spiro atoms. The van der Waals surface area contributed by atoms with Crippen LogP contribution in [-0.2, 0) is 16.0 Å². The predicted octanol–water partition coefficient (Wildman–Crippen LogP) is 2.49. The second-order valence-corrected chi connectivity index (χ2v) is 6.09. The number of nitrogens with one attached hydrogen (secondary N) is 1. The van der Waals surface area contributed by atoms with Crippen molar-refractivity contribution in [3.05, 3.63) is 29.8 Å². The first kappa shape index (κ1) is 15.8. The molecule has 1 N–H and O–H groups in total. The number of para-hydroxylation sites is 1. The summed E-state index contributed by atoms with van der Waals surface area (Å²) in [5.74, 6) is -0.200. The number of nitrogens with zero attached hydrogens (tertiary/aromatic N) is 1. The van der Waals surface area contributed by atoms with Crippen molar-refractivity contribution in [1.82, 2.24) is 5.32 Å². The Morgan fingerprint density at radius 2 is 2.14 bits per heavy atom. The Morgan fingerprint density at radius 3 is 2.86 bits per heavy atom. The smallest absolute Gasteiger partial charge is 0.237 e. The standard InChI is InChI=1S/C16H21ClN2O2/c1-11-7-8-13-5-3-4-6-14(13)19(11)15(20)9-10-18-16(21)12(2)17/h3-6,11-12H,7-10H2,1-2H3,(H,18,21). The van der Waals surface area contributed by atoms with Gasteiger partial charge in [0.2, 0.25) is 11.8 Å². The lowest BCUT2D eigenvalue weighted by molar-refractivity contribution is -0.121. The minimum absolute atomic E-state index is 0.0391. The van der Waals surface area contributed by atoms with E-state index < -0.39 is 5.38 Å². The van der Waals surface area contributed by atoms with E-state index in [0.717, 1.165) is 18.5 Å². The van der Waals surface area contributed by atoms with Crippen LogP contribution in [0.25, 0.3) is 0 Å². The van der Waals surface area contributed by atoms with E-state index in [1.165, 1.54) is 5.56 Å². The van der Waals surface area contributed by atoms with Gasteiger partial charge in [0, 0.05) is 24.7 Å². The van der Waals surface area contributed by atoms with Gasteiger partial charge in [0.15, 0.2) is 0 Å². The van der Waals surface area contributed by atoms with Gasteiger partial charge >= 0.3 is 0 Å². The van der Waals surface area contributed by atoms with Crippen molar-refractivity contribution < 1.29 is 9.59 Å². The molecule has 1 aliphatic heterocycles. The second-order valence-electron chi connectivity index (χ2n) is 5.44. The van der Waals surface area contributed by atoms with Crippen LogP contribution < -0.4 is 10.2 Å². The fourth-order valence-electron chi connectivity index (χ4n) is 2.62. The quantitative estimate of drug-likeness (QED) is 0.869. The van der Waals surface area contributed by atoms with Crippen LogP contribution in [-0.4, -0.2) is 29.8 Å². The molecule has 4 nitrogen and oxygen atoms in total. The van der Waals surface area contributed by atoms with Crippen LogP contribution in [0.4, 0.5) is 5.69 Å². The first-order valence-corrected chi connectivity index (χ1v) is 7.76. The maximum Gasteiger partial charge on any atom is 0.237 e. The fraction of sp³-hybridized carbons (Fsp3) is 0.500. The highest BCUT2D eigenvalue weighted by molar-refractivity contribution is 6.30. The molecule has 0 radical (unpaired) electrons. The molecule has 2 amide bonds. The van der Waals surface area contributed by atoms with Crippen molar-refractivity contribution >= 4 is 29.1 Å². The topological polar surface area (TPSA) is 49.4 Å². The van der Waals surface area contributed by atoms with Crippen LogP contribution in [0.5, 0.6) is 0 Å². The zero-order valence-corrected chi connectivity index (χ0v) is 13.2. The monoisotopic (exact) mass is 308 g/mol. The number of aryl methyl sites for hydroxylation is 1. The average molecular weight is 309 g/mol. The van der Waals surface area contributed by atoms with Crippen molar-refractivity contribution in [3.8, 4) is 0 Å². The van der Waals surface area contributed by atoms with Crippen molar-refractivity contribution in [3.63, 3.8) is 0 Å². The Labute approximate surface area is 130 Å². The lowest BCUT2D eigenvalue weighted by Crippen LogP contribution is -2.43. The van der Waals surface area contributed by atoms with Crippen molar-refractivity contribution in [1.29, 1.82) is 0 Å². The number of halogens is 1. The van der Waals surface area contributed by atoms with Gasteiger partial charge in [-0.1, -0.05) is 18.2 Å². The Hall–Kier alpha value is -1.55. The number of carbonyl (C=O) groups is 2. The maximum atomic E-state index is 12.5. The second kappa shape index (κ2) is 6.94. The summed E-state index contributed by atoms with van der Waals surface area (Å²) in [7, 11) is 0. The molecule has 0 aromatic heterocycles. The van der Waals surface area contributed by atoms with Gasteiger partial charge in [0.25, 0.3) is 0 Å². The molecule has 2 rings (SSSR count). The number of anilines is 1. The van der Waals surface area contributed by atoms with E-state index in [-0.39, 0.29) is 24.3 Å². The van der Waals surface area contributed by atoms with Gasteiger partial charge in [-0.2, -0.15) is 0 Å². The third-order valence-corrected chi connectivity index (χ3v) is 3.99. The fourth-order valence-corrected chi connectivity index (χ4v) is 2.70. The molecule has 1 aromatic rings. The molecular weight excluding hydrogens is 288 g/mol. The lowest BCUT2D eigenvalue weighted by atomic mass is 9.96. The largest absolute Gasteiger partial charge is 0.354 e. The van der Waals surface area contributed by atoms with Crippen molar-refractivity contribution in [2.45, 2.75) is 44.5 Å². The molecule has 0 aliphatic carbocycles. The molecule has 1 heterocycles. The molecule has 21 heavy (non-hydrogen) atoms. The molecule has 1 aromatic carbocycles. The summed E-state index contributed by atoms with van der Waals surface area (Å²) in [6.07, 6.45) is 2.25. The van der Waals surface area contributed by atoms with Crippen molar-refractivity contribution in [2.24, 2.45) is 0 Å². The summed E-state index contributed by atoms with van der Waals surface area (Å²) in [5, 5.41) is 2.10. The Bertz CT molecular complexity index is 531. The highest BCUT2D eigenvalue weighted by Crippen LogP contribution is 2.30. The van der Waals surface area contributed by atoms with E-state index in [4.69, 9.17) is 11.6 Å². The molecule has 5 heteroatoms. The number of hydrogen-bond donors (Lipinski definition) is 1. The Balaban J connectivity index is 2.00. The SMILES string of the molecule is CC(Cl)C(=O)NCCC(=O)N1c2ccccc2CCC1C. The number of benzene rings is 1. The molecule has 2 atom stereocenters. The molecule has 0 bridgehead atoms. The summed E-state index contributed by atoms with van der Waals surface area (Å²) in [4.78, 5) is 25.7. The number of carbonyl (C=O) groups excluding carboxylic acids is 2. The molecule has 0 saturated heterocycles. The number of rotatable bonds is 4. The summed E-state index contributed by atoms with van der Waals surface area (Å²) in [6.45, 7) is 4.00. The maximum absolute atomic E-state index is 12.5. The number of alkyl halides is 1. The van der Waals surface area contributed by atoms with Gasteiger partial charge in [0.05, 0.1) is 0 Å². The van der Waals surface area contributed by atoms with Crippen LogP contribution in [0.2, 0.25) is 0 Å². The third kappa shape index (κ3) is 3.76. The molecule has 0 fully saturated rings. The molecule has 0 saturated carbocycles. The van der Waals surface area contributed by atoms with Crippen molar-refractivity contribution in [2.75, 3.05) is 11.4 Å². The van der Waals surface area contributed by atoms with E-state index in [1.54, 1.807) is 6.92 Å². The van der Waals surface area contributed by atoms with E-state index in [9.17, 15) is 9.59 Å². The van der Waals surface area contributed by atoms with Crippen LogP contribution in [0.1, 0.15) is 32.3 Å². The number of hydrogen-bond acceptors (Lipinski definition) is 2. The minimum atomic E-state index is -0.574. The first-order chi connectivity index (χ1) is 10.0. The van der Waals surface area contributed by atoms with E-state index in [0.29, 0.717) is 6.54 Å².